The molecule has 122 valence electrons. The molecule has 3 rings (SSSR count). The van der Waals surface area contributed by atoms with Crippen LogP contribution in [0.15, 0.2) is 24.3 Å². The van der Waals surface area contributed by atoms with Crippen LogP contribution in [0.3, 0.4) is 0 Å². The summed E-state index contributed by atoms with van der Waals surface area (Å²) in [6.45, 7) is 4.55. The molecular formula is C20H30ClP. The van der Waals surface area contributed by atoms with E-state index < -0.39 is 7.26 Å². The third-order valence-corrected chi connectivity index (χ3v) is 12.0. The minimum Gasteiger partial charge on any atom is -0.304 e. The van der Waals surface area contributed by atoms with Crippen LogP contribution in [0.2, 0.25) is 0 Å². The van der Waals surface area contributed by atoms with Crippen LogP contribution in [0, 0.1) is 5.62 Å². The Balaban J connectivity index is 1.99. The first-order valence-corrected chi connectivity index (χ1v) is 11.5. The zero-order valence-corrected chi connectivity index (χ0v) is 15.8. The van der Waals surface area contributed by atoms with Crippen molar-refractivity contribution in [1.29, 1.82) is 0 Å². The van der Waals surface area contributed by atoms with E-state index in [1.54, 1.807) is 5.30 Å². The number of benzene rings is 1. The van der Waals surface area contributed by atoms with E-state index >= 15 is 0 Å². The number of hydrogen-bond acceptors (Lipinski definition) is 0. The van der Waals surface area contributed by atoms with E-state index in [0.29, 0.717) is 5.92 Å². The van der Waals surface area contributed by atoms with E-state index in [0.717, 1.165) is 11.3 Å². The normalized spacial score (nSPS) is 21.1. The molecule has 0 atom stereocenters. The molecule has 1 aromatic rings. The predicted molar refractivity (Wildman–Crippen MR) is 102 cm³/mol. The first-order chi connectivity index (χ1) is 10.7. The maximum Gasteiger partial charge on any atom is 0.0664 e. The number of halogens is 1. The third kappa shape index (κ3) is 2.99. The van der Waals surface area contributed by atoms with Crippen molar-refractivity contribution in [3.63, 3.8) is 0 Å². The summed E-state index contributed by atoms with van der Waals surface area (Å²) < 4.78 is 0. The Hall–Kier alpha value is -0.0600. The van der Waals surface area contributed by atoms with Gasteiger partial charge in [0.1, 0.15) is 0 Å². The van der Waals surface area contributed by atoms with Gasteiger partial charge in [0.2, 0.25) is 0 Å². The summed E-state index contributed by atoms with van der Waals surface area (Å²) >= 11 is 6.65. The summed E-state index contributed by atoms with van der Waals surface area (Å²) in [5.74, 6) is 0.611. The van der Waals surface area contributed by atoms with E-state index in [9.17, 15) is 0 Å². The third-order valence-electron chi connectivity index (χ3n) is 6.03. The molecule has 2 fully saturated rings. The highest BCUT2D eigenvalue weighted by Gasteiger charge is 2.48. The van der Waals surface area contributed by atoms with Crippen LogP contribution in [-0.2, 0) is 0 Å². The second-order valence-corrected chi connectivity index (χ2v) is 12.0. The van der Waals surface area contributed by atoms with Crippen molar-refractivity contribution in [2.45, 2.75) is 82.4 Å². The molecule has 2 aliphatic rings. The fourth-order valence-electron chi connectivity index (χ4n) is 4.72. The van der Waals surface area contributed by atoms with Crippen molar-refractivity contribution in [1.82, 2.24) is 0 Å². The van der Waals surface area contributed by atoms with E-state index in [4.69, 9.17) is 11.6 Å². The molecule has 2 aliphatic carbocycles. The lowest BCUT2D eigenvalue weighted by atomic mass is 10.0. The van der Waals surface area contributed by atoms with Crippen LogP contribution in [0.4, 0.5) is 0 Å². The van der Waals surface area contributed by atoms with E-state index in [-0.39, 0.29) is 0 Å². The van der Waals surface area contributed by atoms with Gasteiger partial charge in [-0.1, -0.05) is 38.9 Å². The highest BCUT2D eigenvalue weighted by Crippen LogP contribution is 2.74. The summed E-state index contributed by atoms with van der Waals surface area (Å²) in [6.07, 6.45) is 11.3. The van der Waals surface area contributed by atoms with Gasteiger partial charge in [0.05, 0.1) is 5.30 Å². The molecule has 0 N–H and O–H groups in total. The largest absolute Gasteiger partial charge is 0.304 e. The van der Waals surface area contributed by atoms with E-state index in [2.05, 4.69) is 43.7 Å². The average Bonchev–Trinajstić information content (AvgIpc) is 3.23. The van der Waals surface area contributed by atoms with E-state index in [1.165, 1.54) is 56.9 Å². The van der Waals surface area contributed by atoms with Crippen molar-refractivity contribution >= 4 is 24.2 Å². The van der Waals surface area contributed by atoms with Gasteiger partial charge in [-0.05, 0) is 75.0 Å². The second-order valence-electron chi connectivity index (χ2n) is 7.55. The molecule has 0 aliphatic heterocycles. The minimum atomic E-state index is -1.33. The molecule has 0 aromatic heterocycles. The first kappa shape index (κ1) is 16.8. The Morgan fingerprint density at radius 3 is 1.73 bits per heavy atom. The molecule has 0 nitrogen and oxygen atoms in total. The molecule has 1 aromatic carbocycles. The molecule has 0 spiro atoms. The molecule has 0 heterocycles. The lowest BCUT2D eigenvalue weighted by Crippen LogP contribution is -2.29. The topological polar surface area (TPSA) is 0 Å². The van der Waals surface area contributed by atoms with Gasteiger partial charge in [-0.25, -0.2) is 0 Å². The van der Waals surface area contributed by atoms with Crippen LogP contribution in [0.5, 0.6) is 0 Å². The maximum atomic E-state index is 6.65. The van der Waals surface area contributed by atoms with Crippen LogP contribution in [0.1, 0.15) is 76.7 Å². The molecule has 2 heteroatoms. The van der Waals surface area contributed by atoms with Gasteiger partial charge in [-0.2, -0.15) is 0 Å². The Bertz CT molecular complexity index is 451. The predicted octanol–water partition coefficient (Wildman–Crippen LogP) is 6.70. The summed E-state index contributed by atoms with van der Waals surface area (Å²) in [4.78, 5) is 0. The SMILES string of the molecule is CC(C)c1ccc([P+]([CH-]Cl)(C2CCCC2)C2CCCC2)cc1. The molecule has 0 bridgehead atoms. The highest BCUT2D eigenvalue weighted by atomic mass is 35.5. The summed E-state index contributed by atoms with van der Waals surface area (Å²) in [5, 5.41) is 1.59. The van der Waals surface area contributed by atoms with Crippen molar-refractivity contribution in [3.05, 3.63) is 35.5 Å². The smallest absolute Gasteiger partial charge is 0.0664 e. The molecule has 0 radical (unpaired) electrons. The standard InChI is InChI=1S/C20H30ClP/c1-16(2)17-11-13-20(14-12-17)22(15-21,18-7-3-4-8-18)19-9-5-6-10-19/h11-16,18-19H,3-10H2,1-2H3. The summed E-state index contributed by atoms with van der Waals surface area (Å²) in [7, 11) is -1.33. The quantitative estimate of drug-likeness (QED) is 0.414. The molecule has 22 heavy (non-hydrogen) atoms. The van der Waals surface area contributed by atoms with Gasteiger partial charge in [0.25, 0.3) is 0 Å². The van der Waals surface area contributed by atoms with Crippen LogP contribution in [0.25, 0.3) is 0 Å². The number of hydrogen-bond donors (Lipinski definition) is 0. The Morgan fingerprint density at radius 2 is 1.36 bits per heavy atom. The molecule has 0 amide bonds. The lowest BCUT2D eigenvalue weighted by molar-refractivity contribution is 0.823. The lowest BCUT2D eigenvalue weighted by Gasteiger charge is -2.43. The van der Waals surface area contributed by atoms with Gasteiger partial charge in [-0.15, -0.1) is 0 Å². The summed E-state index contributed by atoms with van der Waals surface area (Å²) in [5.41, 5.74) is 5.36. The van der Waals surface area contributed by atoms with Gasteiger partial charge in [0, 0.05) is 11.3 Å². The monoisotopic (exact) mass is 336 g/mol. The molecule has 0 unspecified atom stereocenters. The van der Waals surface area contributed by atoms with Crippen molar-refractivity contribution in [2.75, 3.05) is 0 Å². The van der Waals surface area contributed by atoms with Gasteiger partial charge in [0.15, 0.2) is 0 Å². The maximum absolute atomic E-state index is 6.65. The zero-order valence-electron chi connectivity index (χ0n) is 14.1. The van der Waals surface area contributed by atoms with Gasteiger partial charge < -0.3 is 11.6 Å². The first-order valence-electron chi connectivity index (χ1n) is 9.11. The van der Waals surface area contributed by atoms with Crippen molar-refractivity contribution < 1.29 is 0 Å². The minimum absolute atomic E-state index is 0.611. The van der Waals surface area contributed by atoms with Crippen LogP contribution < -0.4 is 5.30 Å². The van der Waals surface area contributed by atoms with Crippen molar-refractivity contribution in [2.24, 2.45) is 0 Å². The van der Waals surface area contributed by atoms with Crippen LogP contribution in [-0.4, -0.2) is 11.3 Å². The number of rotatable bonds is 5. The average molecular weight is 337 g/mol. The van der Waals surface area contributed by atoms with Crippen LogP contribution >= 0.6 is 18.9 Å². The molecule has 0 saturated heterocycles. The fourth-order valence-corrected chi connectivity index (χ4v) is 11.0. The van der Waals surface area contributed by atoms with Crippen molar-refractivity contribution in [3.8, 4) is 0 Å². The summed E-state index contributed by atoms with van der Waals surface area (Å²) in [6, 6.07) is 9.58. The Labute approximate surface area is 142 Å². The van der Waals surface area contributed by atoms with E-state index in [1.807, 2.05) is 0 Å². The molecule has 2 saturated carbocycles. The zero-order chi connectivity index (χ0) is 15.6. The van der Waals surface area contributed by atoms with Gasteiger partial charge >= 0.3 is 0 Å². The molecular weight excluding hydrogens is 307 g/mol. The highest BCUT2D eigenvalue weighted by molar-refractivity contribution is 7.87. The second kappa shape index (κ2) is 7.23. The fraction of sp³-hybridized carbons (Fsp3) is 0.650. The van der Waals surface area contributed by atoms with Gasteiger partial charge in [-0.3, -0.25) is 0 Å². The Morgan fingerprint density at radius 1 is 0.909 bits per heavy atom. The Kier molecular flexibility index (Phi) is 5.51.